The molecule has 2 aromatic rings. The summed E-state index contributed by atoms with van der Waals surface area (Å²) in [7, 11) is 1.45. The largest absolute Gasteiger partial charge is 0.493 e. The first-order chi connectivity index (χ1) is 12.4. The van der Waals surface area contributed by atoms with Gasteiger partial charge in [0.1, 0.15) is 0 Å². The second kappa shape index (κ2) is 6.87. The van der Waals surface area contributed by atoms with E-state index in [1.54, 1.807) is 18.2 Å². The highest BCUT2D eigenvalue weighted by Crippen LogP contribution is 2.30. The fourth-order valence-corrected chi connectivity index (χ4v) is 2.53. The fourth-order valence-electron chi connectivity index (χ4n) is 2.53. The smallest absolute Gasteiger partial charge is 0.364 e. The Bertz CT molecular complexity index is 854. The SMILES string of the molecule is COc1cc(C(=O)ON2C(=O)c3ccccc3C2=O)ccc1OC(C)C. The molecule has 0 spiro atoms. The number of rotatable bonds is 5. The van der Waals surface area contributed by atoms with Crippen LogP contribution < -0.4 is 9.47 Å². The highest BCUT2D eigenvalue weighted by molar-refractivity contribution is 6.21. The van der Waals surface area contributed by atoms with Gasteiger partial charge in [0.15, 0.2) is 11.5 Å². The zero-order valence-electron chi connectivity index (χ0n) is 14.5. The molecule has 1 heterocycles. The Morgan fingerprint density at radius 3 is 2.12 bits per heavy atom. The molecule has 0 fully saturated rings. The summed E-state index contributed by atoms with van der Waals surface area (Å²) < 4.78 is 10.8. The van der Waals surface area contributed by atoms with Gasteiger partial charge in [-0.1, -0.05) is 17.2 Å². The van der Waals surface area contributed by atoms with Gasteiger partial charge in [-0.15, -0.1) is 0 Å². The van der Waals surface area contributed by atoms with E-state index >= 15 is 0 Å². The van der Waals surface area contributed by atoms with Crippen molar-refractivity contribution in [2.45, 2.75) is 20.0 Å². The summed E-state index contributed by atoms with van der Waals surface area (Å²) in [4.78, 5) is 41.9. The number of hydroxylamine groups is 2. The van der Waals surface area contributed by atoms with E-state index < -0.39 is 17.8 Å². The topological polar surface area (TPSA) is 82.1 Å². The molecule has 0 bridgehead atoms. The molecule has 0 saturated heterocycles. The Morgan fingerprint density at radius 1 is 0.962 bits per heavy atom. The zero-order chi connectivity index (χ0) is 18.8. The van der Waals surface area contributed by atoms with Crippen LogP contribution in [-0.4, -0.2) is 36.1 Å². The van der Waals surface area contributed by atoms with Crippen molar-refractivity contribution in [2.75, 3.05) is 7.11 Å². The van der Waals surface area contributed by atoms with Gasteiger partial charge in [0.05, 0.1) is 29.9 Å². The van der Waals surface area contributed by atoms with Gasteiger partial charge in [-0.05, 0) is 44.2 Å². The Balaban J connectivity index is 1.81. The molecule has 134 valence electrons. The normalized spacial score (nSPS) is 13.0. The van der Waals surface area contributed by atoms with Gasteiger partial charge in [0, 0.05) is 0 Å². The van der Waals surface area contributed by atoms with Crippen LogP contribution in [0, 0.1) is 0 Å². The minimum atomic E-state index is -0.853. The number of amides is 2. The third-order valence-electron chi connectivity index (χ3n) is 3.69. The van der Waals surface area contributed by atoms with Gasteiger partial charge >= 0.3 is 5.97 Å². The summed E-state index contributed by atoms with van der Waals surface area (Å²) in [5.41, 5.74) is 0.515. The maximum atomic E-state index is 12.4. The van der Waals surface area contributed by atoms with Crippen molar-refractivity contribution >= 4 is 17.8 Å². The molecule has 3 rings (SSSR count). The minimum Gasteiger partial charge on any atom is -0.493 e. The molecule has 0 saturated carbocycles. The van der Waals surface area contributed by atoms with E-state index in [0.29, 0.717) is 16.6 Å². The lowest BCUT2D eigenvalue weighted by atomic mass is 10.1. The van der Waals surface area contributed by atoms with E-state index in [0.717, 1.165) is 0 Å². The number of carbonyl (C=O) groups excluding carboxylic acids is 3. The summed E-state index contributed by atoms with van der Waals surface area (Å²) in [5.74, 6) is -1.39. The molecule has 0 aliphatic carbocycles. The quantitative estimate of drug-likeness (QED) is 0.767. The Hall–Kier alpha value is -3.35. The van der Waals surface area contributed by atoms with Crippen molar-refractivity contribution in [3.8, 4) is 11.5 Å². The number of fused-ring (bicyclic) bond motifs is 1. The molecule has 2 amide bonds. The van der Waals surface area contributed by atoms with Gasteiger partial charge < -0.3 is 14.3 Å². The lowest BCUT2D eigenvalue weighted by Gasteiger charge is -2.15. The molecule has 1 aliphatic heterocycles. The Kier molecular flexibility index (Phi) is 4.62. The lowest BCUT2D eigenvalue weighted by molar-refractivity contribution is -0.0584. The predicted octanol–water partition coefficient (Wildman–Crippen LogP) is 2.85. The van der Waals surface area contributed by atoms with Crippen molar-refractivity contribution in [1.82, 2.24) is 5.06 Å². The molecule has 2 aromatic carbocycles. The molecular weight excluding hydrogens is 338 g/mol. The van der Waals surface area contributed by atoms with Crippen molar-refractivity contribution in [2.24, 2.45) is 0 Å². The van der Waals surface area contributed by atoms with Crippen LogP contribution in [0.4, 0.5) is 0 Å². The molecule has 0 unspecified atom stereocenters. The predicted molar refractivity (Wildman–Crippen MR) is 91.1 cm³/mol. The summed E-state index contributed by atoms with van der Waals surface area (Å²) >= 11 is 0. The van der Waals surface area contributed by atoms with Crippen molar-refractivity contribution in [3.63, 3.8) is 0 Å². The highest BCUT2D eigenvalue weighted by Gasteiger charge is 2.38. The van der Waals surface area contributed by atoms with E-state index in [-0.39, 0.29) is 22.8 Å². The number of imide groups is 1. The van der Waals surface area contributed by atoms with E-state index in [1.165, 1.54) is 31.4 Å². The van der Waals surface area contributed by atoms with Crippen LogP contribution in [0.5, 0.6) is 11.5 Å². The maximum Gasteiger partial charge on any atom is 0.364 e. The highest BCUT2D eigenvalue weighted by atomic mass is 16.7. The number of hydrogen-bond donors (Lipinski definition) is 0. The van der Waals surface area contributed by atoms with Crippen LogP contribution in [-0.2, 0) is 4.84 Å². The van der Waals surface area contributed by atoms with Gasteiger partial charge in [-0.25, -0.2) is 4.79 Å². The van der Waals surface area contributed by atoms with E-state index in [4.69, 9.17) is 14.3 Å². The van der Waals surface area contributed by atoms with Crippen LogP contribution in [0.2, 0.25) is 0 Å². The van der Waals surface area contributed by atoms with Crippen LogP contribution >= 0.6 is 0 Å². The summed E-state index contributed by atoms with van der Waals surface area (Å²) in [6, 6.07) is 10.7. The number of carbonyl (C=O) groups is 3. The van der Waals surface area contributed by atoms with Crippen molar-refractivity contribution in [1.29, 1.82) is 0 Å². The molecule has 7 nitrogen and oxygen atoms in total. The summed E-state index contributed by atoms with van der Waals surface area (Å²) in [5, 5.41) is 0.470. The lowest BCUT2D eigenvalue weighted by Crippen LogP contribution is -2.32. The van der Waals surface area contributed by atoms with Crippen molar-refractivity contribution < 1.29 is 28.7 Å². The number of ether oxygens (including phenoxy) is 2. The average Bonchev–Trinajstić information content (AvgIpc) is 2.87. The van der Waals surface area contributed by atoms with Gasteiger partial charge in [0.2, 0.25) is 0 Å². The molecule has 0 N–H and O–H groups in total. The molecule has 0 atom stereocenters. The van der Waals surface area contributed by atoms with Crippen LogP contribution in [0.3, 0.4) is 0 Å². The fraction of sp³-hybridized carbons (Fsp3) is 0.211. The first-order valence-corrected chi connectivity index (χ1v) is 7.97. The number of benzene rings is 2. The van der Waals surface area contributed by atoms with E-state index in [1.807, 2.05) is 13.8 Å². The third-order valence-corrected chi connectivity index (χ3v) is 3.69. The van der Waals surface area contributed by atoms with Crippen LogP contribution in [0.25, 0.3) is 0 Å². The maximum absolute atomic E-state index is 12.4. The Morgan fingerprint density at radius 2 is 1.58 bits per heavy atom. The second-order valence-electron chi connectivity index (χ2n) is 5.86. The average molecular weight is 355 g/mol. The minimum absolute atomic E-state index is 0.0694. The Labute approximate surface area is 150 Å². The number of hydrogen-bond acceptors (Lipinski definition) is 6. The molecule has 0 aromatic heterocycles. The third kappa shape index (κ3) is 3.11. The van der Waals surface area contributed by atoms with Gasteiger partial charge in [0.25, 0.3) is 11.8 Å². The first-order valence-electron chi connectivity index (χ1n) is 7.97. The molecule has 26 heavy (non-hydrogen) atoms. The number of nitrogens with zero attached hydrogens (tertiary/aromatic N) is 1. The van der Waals surface area contributed by atoms with Gasteiger partial charge in [-0.3, -0.25) is 9.59 Å². The second-order valence-corrected chi connectivity index (χ2v) is 5.86. The summed E-state index contributed by atoms with van der Waals surface area (Å²) in [6.45, 7) is 3.73. The van der Waals surface area contributed by atoms with Gasteiger partial charge in [-0.2, -0.15) is 0 Å². The van der Waals surface area contributed by atoms with E-state index in [9.17, 15) is 14.4 Å². The first kappa shape index (κ1) is 17.5. The van der Waals surface area contributed by atoms with Crippen molar-refractivity contribution in [3.05, 3.63) is 59.2 Å². The standard InChI is InChI=1S/C19H17NO6/c1-11(2)25-15-9-8-12(10-16(15)24-3)19(23)26-20-17(21)13-6-4-5-7-14(13)18(20)22/h4-11H,1-3H3. The van der Waals surface area contributed by atoms with E-state index in [2.05, 4.69) is 0 Å². The zero-order valence-corrected chi connectivity index (χ0v) is 14.5. The molecule has 1 aliphatic rings. The van der Waals surface area contributed by atoms with Crippen LogP contribution in [0.15, 0.2) is 42.5 Å². The molecule has 7 heteroatoms. The number of methoxy groups -OCH3 is 1. The molecular formula is C19H17NO6. The monoisotopic (exact) mass is 355 g/mol. The summed E-state index contributed by atoms with van der Waals surface area (Å²) in [6.07, 6.45) is -0.0694. The molecule has 0 radical (unpaired) electrons. The van der Waals surface area contributed by atoms with Crippen LogP contribution in [0.1, 0.15) is 44.9 Å².